The van der Waals surface area contributed by atoms with E-state index in [0.717, 1.165) is 59.4 Å². The molecule has 1 fully saturated rings. The number of carbonyl (C=O) groups is 1. The molecule has 0 amide bonds. The SMILES string of the molecule is COc1cc(-c2ccc(C3CCc4ccc(CC(C)C(=O)O)cc4O3)cc2CN2CCC2(C)C)c(F)cn1. The van der Waals surface area contributed by atoms with Gasteiger partial charge in [0.15, 0.2) is 0 Å². The van der Waals surface area contributed by atoms with Gasteiger partial charge in [0.2, 0.25) is 5.88 Å². The van der Waals surface area contributed by atoms with Crippen molar-refractivity contribution in [3.05, 3.63) is 76.7 Å². The number of aryl methyl sites for hydroxylation is 1. The van der Waals surface area contributed by atoms with E-state index >= 15 is 0 Å². The van der Waals surface area contributed by atoms with Gasteiger partial charge in [-0.3, -0.25) is 9.69 Å². The van der Waals surface area contributed by atoms with Crippen molar-refractivity contribution in [2.24, 2.45) is 5.92 Å². The molecule has 2 aromatic carbocycles. The van der Waals surface area contributed by atoms with E-state index in [9.17, 15) is 14.3 Å². The van der Waals surface area contributed by atoms with Crippen LogP contribution in [-0.4, -0.2) is 40.2 Å². The third-order valence-corrected chi connectivity index (χ3v) is 8.08. The Morgan fingerprint density at radius 1 is 1.24 bits per heavy atom. The fourth-order valence-electron chi connectivity index (χ4n) is 5.38. The molecule has 7 heteroatoms. The molecule has 1 aromatic heterocycles. The fourth-order valence-corrected chi connectivity index (χ4v) is 5.38. The van der Waals surface area contributed by atoms with Gasteiger partial charge in [0.1, 0.15) is 17.7 Å². The van der Waals surface area contributed by atoms with Gasteiger partial charge < -0.3 is 14.6 Å². The van der Waals surface area contributed by atoms with Gasteiger partial charge in [-0.05, 0) is 73.4 Å². The minimum Gasteiger partial charge on any atom is -0.485 e. The van der Waals surface area contributed by atoms with Gasteiger partial charge in [0.05, 0.1) is 19.2 Å². The number of nitrogens with zero attached hydrogens (tertiary/aromatic N) is 2. The fraction of sp³-hybridized carbons (Fsp3) is 0.419. The van der Waals surface area contributed by atoms with Crippen molar-refractivity contribution in [1.29, 1.82) is 0 Å². The maximum Gasteiger partial charge on any atom is 0.306 e. The van der Waals surface area contributed by atoms with Crippen LogP contribution in [0.3, 0.4) is 0 Å². The van der Waals surface area contributed by atoms with E-state index in [2.05, 4.69) is 35.9 Å². The highest BCUT2D eigenvalue weighted by Gasteiger charge is 2.36. The highest BCUT2D eigenvalue weighted by molar-refractivity contribution is 5.70. The average molecular weight is 519 g/mol. The highest BCUT2D eigenvalue weighted by Crippen LogP contribution is 2.40. The van der Waals surface area contributed by atoms with Gasteiger partial charge in [-0.15, -0.1) is 0 Å². The summed E-state index contributed by atoms with van der Waals surface area (Å²) in [6, 6.07) is 13.9. The van der Waals surface area contributed by atoms with E-state index in [1.807, 2.05) is 24.3 Å². The summed E-state index contributed by atoms with van der Waals surface area (Å²) >= 11 is 0. The molecule has 5 rings (SSSR count). The molecular weight excluding hydrogens is 483 g/mol. The van der Waals surface area contributed by atoms with Crippen LogP contribution in [0.2, 0.25) is 0 Å². The second kappa shape index (κ2) is 10.4. The molecule has 0 spiro atoms. The van der Waals surface area contributed by atoms with Crippen molar-refractivity contribution in [3.63, 3.8) is 0 Å². The number of rotatable bonds is 8. The van der Waals surface area contributed by atoms with E-state index < -0.39 is 11.9 Å². The number of halogens is 1. The van der Waals surface area contributed by atoms with Crippen molar-refractivity contribution < 1.29 is 23.8 Å². The molecule has 2 aliphatic heterocycles. The van der Waals surface area contributed by atoms with Crippen LogP contribution in [0.1, 0.15) is 62.0 Å². The van der Waals surface area contributed by atoms with Gasteiger partial charge in [-0.25, -0.2) is 9.37 Å². The maximum atomic E-state index is 15.0. The summed E-state index contributed by atoms with van der Waals surface area (Å²) in [5.74, 6) is -0.450. The quantitative estimate of drug-likeness (QED) is 0.382. The van der Waals surface area contributed by atoms with Crippen LogP contribution >= 0.6 is 0 Å². The Morgan fingerprint density at radius 3 is 2.74 bits per heavy atom. The zero-order chi connectivity index (χ0) is 27.0. The van der Waals surface area contributed by atoms with Crippen LogP contribution < -0.4 is 9.47 Å². The number of hydrogen-bond donors (Lipinski definition) is 1. The molecule has 0 radical (unpaired) electrons. The first-order chi connectivity index (χ1) is 18.1. The average Bonchev–Trinajstić information content (AvgIpc) is 2.91. The number of likely N-dealkylation sites (tertiary alicyclic amines) is 1. The predicted molar refractivity (Wildman–Crippen MR) is 144 cm³/mol. The third-order valence-electron chi connectivity index (χ3n) is 8.08. The van der Waals surface area contributed by atoms with E-state index in [0.29, 0.717) is 24.4 Å². The molecule has 0 saturated carbocycles. The summed E-state index contributed by atoms with van der Waals surface area (Å²) in [6.45, 7) is 7.90. The smallest absolute Gasteiger partial charge is 0.306 e. The monoisotopic (exact) mass is 518 g/mol. The van der Waals surface area contributed by atoms with Crippen molar-refractivity contribution in [1.82, 2.24) is 9.88 Å². The van der Waals surface area contributed by atoms with Crippen LogP contribution in [0.25, 0.3) is 11.1 Å². The number of carboxylic acid groups (broad SMARTS) is 1. The zero-order valence-electron chi connectivity index (χ0n) is 22.5. The lowest BCUT2D eigenvalue weighted by Crippen LogP contribution is -2.54. The molecule has 6 nitrogen and oxygen atoms in total. The number of ether oxygens (including phenoxy) is 2. The van der Waals surface area contributed by atoms with Crippen molar-refractivity contribution in [2.45, 2.75) is 64.6 Å². The summed E-state index contributed by atoms with van der Waals surface area (Å²) in [5.41, 5.74) is 5.60. The Morgan fingerprint density at radius 2 is 2.05 bits per heavy atom. The first-order valence-corrected chi connectivity index (χ1v) is 13.2. The van der Waals surface area contributed by atoms with Crippen LogP contribution in [0, 0.1) is 11.7 Å². The highest BCUT2D eigenvalue weighted by atomic mass is 19.1. The molecule has 0 bridgehead atoms. The van der Waals surface area contributed by atoms with Gasteiger partial charge in [-0.1, -0.05) is 37.3 Å². The number of aromatic nitrogens is 1. The number of hydrogen-bond acceptors (Lipinski definition) is 5. The lowest BCUT2D eigenvalue weighted by Gasteiger charge is -2.49. The van der Waals surface area contributed by atoms with Gasteiger partial charge in [0.25, 0.3) is 0 Å². The number of carboxylic acids is 1. The Balaban J connectivity index is 1.46. The molecule has 3 aromatic rings. The van der Waals surface area contributed by atoms with Crippen LogP contribution in [0.4, 0.5) is 4.39 Å². The van der Waals surface area contributed by atoms with E-state index in [4.69, 9.17) is 9.47 Å². The normalized spacial score (nSPS) is 19.1. The van der Waals surface area contributed by atoms with E-state index in [1.54, 1.807) is 13.0 Å². The Hall–Kier alpha value is -3.45. The first kappa shape index (κ1) is 26.2. The summed E-state index contributed by atoms with van der Waals surface area (Å²) in [6.07, 6.45) is 4.38. The second-order valence-corrected chi connectivity index (χ2v) is 11.1. The lowest BCUT2D eigenvalue weighted by atomic mass is 9.86. The molecular formula is C31H35FN2O4. The van der Waals surface area contributed by atoms with Gasteiger partial charge in [-0.2, -0.15) is 0 Å². The first-order valence-electron chi connectivity index (χ1n) is 13.2. The second-order valence-electron chi connectivity index (χ2n) is 11.1. The molecule has 1 N–H and O–H groups in total. The maximum absolute atomic E-state index is 15.0. The lowest BCUT2D eigenvalue weighted by molar-refractivity contribution is -0.141. The molecule has 38 heavy (non-hydrogen) atoms. The van der Waals surface area contributed by atoms with Gasteiger partial charge in [0, 0.05) is 30.3 Å². The molecule has 200 valence electrons. The van der Waals surface area contributed by atoms with E-state index in [-0.39, 0.29) is 17.5 Å². The summed E-state index contributed by atoms with van der Waals surface area (Å²) in [4.78, 5) is 17.7. The van der Waals surface area contributed by atoms with E-state index in [1.165, 1.54) is 13.3 Å². The summed E-state index contributed by atoms with van der Waals surface area (Å²) in [5, 5.41) is 9.30. The molecule has 2 unspecified atom stereocenters. The molecule has 3 heterocycles. The standard InChI is InChI=1S/C31H35FN2O4/c1-19(30(35)36)13-20-5-6-21-8-10-27(38-28(21)14-20)22-7-9-24(25-16-29(37-4)33-17-26(25)32)23(15-22)18-34-12-11-31(34,2)3/h5-7,9,14-17,19,27H,8,10-13,18H2,1-4H3,(H,35,36). The van der Waals surface area contributed by atoms with Crippen molar-refractivity contribution in [3.8, 4) is 22.8 Å². The Labute approximate surface area is 223 Å². The summed E-state index contributed by atoms with van der Waals surface area (Å²) < 4.78 is 26.7. The predicted octanol–water partition coefficient (Wildman–Crippen LogP) is 6.21. The minimum absolute atomic E-state index is 0.103. The van der Waals surface area contributed by atoms with Crippen molar-refractivity contribution >= 4 is 5.97 Å². The van der Waals surface area contributed by atoms with Gasteiger partial charge >= 0.3 is 5.97 Å². The Kier molecular flexibility index (Phi) is 7.14. The molecule has 0 aliphatic carbocycles. The number of pyridine rings is 1. The summed E-state index contributed by atoms with van der Waals surface area (Å²) in [7, 11) is 1.53. The minimum atomic E-state index is -0.803. The van der Waals surface area contributed by atoms with Crippen molar-refractivity contribution in [2.75, 3.05) is 13.7 Å². The largest absolute Gasteiger partial charge is 0.485 e. The number of aliphatic carboxylic acids is 1. The zero-order valence-corrected chi connectivity index (χ0v) is 22.5. The topological polar surface area (TPSA) is 71.9 Å². The Bertz CT molecular complexity index is 1360. The van der Waals surface area contributed by atoms with Crippen LogP contribution in [0.15, 0.2) is 48.7 Å². The number of benzene rings is 2. The molecule has 2 atom stereocenters. The molecule has 2 aliphatic rings. The third kappa shape index (κ3) is 5.25. The molecule has 1 saturated heterocycles. The van der Waals surface area contributed by atoms with Crippen LogP contribution in [0.5, 0.6) is 11.6 Å². The van der Waals surface area contributed by atoms with Crippen LogP contribution in [-0.2, 0) is 24.2 Å². The number of fused-ring (bicyclic) bond motifs is 1. The number of methoxy groups -OCH3 is 1.